The summed E-state index contributed by atoms with van der Waals surface area (Å²) >= 11 is 2.03. The van der Waals surface area contributed by atoms with Gasteiger partial charge in [-0.2, -0.15) is 11.8 Å². The molecule has 1 fully saturated rings. The molecular formula is C14H17N3O2S. The van der Waals surface area contributed by atoms with Crippen LogP contribution in [0.25, 0.3) is 5.65 Å². The zero-order valence-electron chi connectivity index (χ0n) is 11.4. The summed E-state index contributed by atoms with van der Waals surface area (Å²) in [6.07, 6.45) is 6.67. The number of methoxy groups -OCH3 is 1. The molecule has 0 N–H and O–H groups in total. The lowest BCUT2D eigenvalue weighted by molar-refractivity contribution is 0.0600. The largest absolute Gasteiger partial charge is 0.465 e. The Morgan fingerprint density at radius 3 is 3.15 bits per heavy atom. The summed E-state index contributed by atoms with van der Waals surface area (Å²) in [6, 6.07) is 3.47. The molecule has 0 saturated carbocycles. The number of ether oxygens (including phenoxy) is 1. The molecule has 1 aliphatic heterocycles. The summed E-state index contributed by atoms with van der Waals surface area (Å²) < 4.78 is 6.67. The van der Waals surface area contributed by atoms with Gasteiger partial charge in [-0.25, -0.2) is 4.79 Å². The Labute approximate surface area is 121 Å². The van der Waals surface area contributed by atoms with Gasteiger partial charge in [-0.05, 0) is 30.7 Å². The van der Waals surface area contributed by atoms with E-state index in [-0.39, 0.29) is 5.97 Å². The Morgan fingerprint density at radius 1 is 1.50 bits per heavy atom. The van der Waals surface area contributed by atoms with Crippen LogP contribution < -0.4 is 0 Å². The van der Waals surface area contributed by atoms with Crippen molar-refractivity contribution in [3.8, 4) is 0 Å². The van der Waals surface area contributed by atoms with Crippen LogP contribution in [-0.2, 0) is 11.2 Å². The van der Waals surface area contributed by atoms with Gasteiger partial charge in [0, 0.05) is 17.9 Å². The van der Waals surface area contributed by atoms with Crippen molar-refractivity contribution in [1.82, 2.24) is 14.6 Å². The van der Waals surface area contributed by atoms with Gasteiger partial charge in [0.15, 0.2) is 5.65 Å². The molecule has 20 heavy (non-hydrogen) atoms. The average molecular weight is 291 g/mol. The molecule has 0 spiro atoms. The molecule has 5 nitrogen and oxygen atoms in total. The van der Waals surface area contributed by atoms with Crippen molar-refractivity contribution in [3.05, 3.63) is 29.7 Å². The Bertz CT molecular complexity index is 620. The van der Waals surface area contributed by atoms with Gasteiger partial charge < -0.3 is 4.74 Å². The van der Waals surface area contributed by atoms with Gasteiger partial charge in [0.1, 0.15) is 5.82 Å². The summed E-state index contributed by atoms with van der Waals surface area (Å²) in [5.74, 6) is 1.86. The number of esters is 1. The fourth-order valence-electron chi connectivity index (χ4n) is 2.50. The molecule has 1 saturated heterocycles. The van der Waals surface area contributed by atoms with Crippen LogP contribution in [0.15, 0.2) is 18.3 Å². The van der Waals surface area contributed by atoms with E-state index in [0.717, 1.165) is 12.2 Å². The Morgan fingerprint density at radius 2 is 2.40 bits per heavy atom. The smallest absolute Gasteiger partial charge is 0.338 e. The Balaban J connectivity index is 1.84. The van der Waals surface area contributed by atoms with E-state index in [4.69, 9.17) is 4.74 Å². The van der Waals surface area contributed by atoms with Crippen molar-refractivity contribution in [2.45, 2.75) is 30.9 Å². The number of hydrogen-bond acceptors (Lipinski definition) is 5. The predicted octanol–water partition coefficient (Wildman–Crippen LogP) is 2.34. The molecule has 3 rings (SSSR count). The molecule has 0 amide bonds. The number of carbonyl (C=O) groups excluding carboxylic acids is 1. The maximum atomic E-state index is 11.5. The van der Waals surface area contributed by atoms with Crippen LogP contribution in [0.1, 0.15) is 35.4 Å². The van der Waals surface area contributed by atoms with Gasteiger partial charge in [-0.15, -0.1) is 10.2 Å². The Hall–Kier alpha value is -1.56. The molecule has 2 aromatic rings. The fourth-order valence-corrected chi connectivity index (χ4v) is 3.80. The minimum absolute atomic E-state index is 0.347. The number of nitrogens with zero attached hydrogens (tertiary/aromatic N) is 3. The number of rotatable bonds is 3. The third-order valence-electron chi connectivity index (χ3n) is 3.59. The molecule has 6 heteroatoms. The number of carbonyl (C=O) groups is 1. The summed E-state index contributed by atoms with van der Waals surface area (Å²) in [7, 11) is 1.38. The summed E-state index contributed by atoms with van der Waals surface area (Å²) in [5.41, 5.74) is 1.20. The number of fused-ring (bicyclic) bond motifs is 1. The highest BCUT2D eigenvalue weighted by Crippen LogP contribution is 2.27. The predicted molar refractivity (Wildman–Crippen MR) is 78.1 cm³/mol. The van der Waals surface area contributed by atoms with Crippen LogP contribution in [0.3, 0.4) is 0 Å². The van der Waals surface area contributed by atoms with E-state index in [1.807, 2.05) is 22.4 Å². The Kier molecular flexibility index (Phi) is 3.91. The number of thioether (sulfide) groups is 1. The van der Waals surface area contributed by atoms with Crippen molar-refractivity contribution in [2.24, 2.45) is 0 Å². The zero-order chi connectivity index (χ0) is 13.9. The van der Waals surface area contributed by atoms with Crippen LogP contribution in [-0.4, -0.2) is 38.7 Å². The lowest BCUT2D eigenvalue weighted by atomic mass is 10.1. The number of hydrogen-bond donors (Lipinski definition) is 0. The van der Waals surface area contributed by atoms with Crippen LogP contribution in [0.2, 0.25) is 0 Å². The molecule has 3 heterocycles. The zero-order valence-corrected chi connectivity index (χ0v) is 12.2. The van der Waals surface area contributed by atoms with Crippen molar-refractivity contribution in [2.75, 3.05) is 12.9 Å². The lowest BCUT2D eigenvalue weighted by Crippen LogP contribution is -2.14. The second-order valence-corrected chi connectivity index (χ2v) is 6.35. The minimum atomic E-state index is -0.347. The standard InChI is InChI=1S/C14H17N3O2S/c1-19-14(18)10-5-6-17-12(8-10)15-16-13(17)9-11-4-2-3-7-20-11/h5-6,8,11H,2-4,7,9H2,1H3. The first kappa shape index (κ1) is 13.4. The van der Waals surface area contributed by atoms with Gasteiger partial charge in [0.05, 0.1) is 12.7 Å². The van der Waals surface area contributed by atoms with Gasteiger partial charge >= 0.3 is 5.97 Å². The minimum Gasteiger partial charge on any atom is -0.465 e. The molecule has 0 aromatic carbocycles. The maximum Gasteiger partial charge on any atom is 0.338 e. The van der Waals surface area contributed by atoms with Crippen molar-refractivity contribution in [1.29, 1.82) is 0 Å². The fraction of sp³-hybridized carbons (Fsp3) is 0.500. The van der Waals surface area contributed by atoms with Crippen LogP contribution in [0.5, 0.6) is 0 Å². The SMILES string of the molecule is COC(=O)c1ccn2c(CC3CCCCS3)nnc2c1. The monoisotopic (exact) mass is 291 g/mol. The van der Waals surface area contributed by atoms with Gasteiger partial charge in [0.2, 0.25) is 0 Å². The molecule has 2 aromatic heterocycles. The quantitative estimate of drug-likeness (QED) is 0.812. The van der Waals surface area contributed by atoms with Gasteiger partial charge in [-0.1, -0.05) is 6.42 Å². The average Bonchev–Trinajstić information content (AvgIpc) is 2.90. The van der Waals surface area contributed by atoms with E-state index in [1.54, 1.807) is 12.1 Å². The van der Waals surface area contributed by atoms with Crippen LogP contribution >= 0.6 is 11.8 Å². The molecule has 0 radical (unpaired) electrons. The third kappa shape index (κ3) is 2.65. The van der Waals surface area contributed by atoms with Crippen LogP contribution in [0.4, 0.5) is 0 Å². The van der Waals surface area contributed by atoms with Crippen LogP contribution in [0, 0.1) is 0 Å². The van der Waals surface area contributed by atoms with E-state index in [9.17, 15) is 4.79 Å². The second kappa shape index (κ2) is 5.83. The molecular weight excluding hydrogens is 274 g/mol. The molecule has 1 aliphatic rings. The van der Waals surface area contributed by atoms with Gasteiger partial charge in [0.25, 0.3) is 0 Å². The first-order valence-corrected chi connectivity index (χ1v) is 7.86. The molecule has 106 valence electrons. The van der Waals surface area contributed by atoms with E-state index in [0.29, 0.717) is 16.5 Å². The highest BCUT2D eigenvalue weighted by Gasteiger charge is 2.18. The van der Waals surface area contributed by atoms with Crippen molar-refractivity contribution in [3.63, 3.8) is 0 Å². The first-order chi connectivity index (χ1) is 9.78. The molecule has 0 bridgehead atoms. The number of pyridine rings is 1. The van der Waals surface area contributed by atoms with E-state index in [2.05, 4.69) is 10.2 Å². The summed E-state index contributed by atoms with van der Waals surface area (Å²) in [4.78, 5) is 11.5. The lowest BCUT2D eigenvalue weighted by Gasteiger charge is -2.20. The normalized spacial score (nSPS) is 19.1. The molecule has 1 atom stereocenters. The topological polar surface area (TPSA) is 56.5 Å². The van der Waals surface area contributed by atoms with E-state index in [1.165, 1.54) is 32.1 Å². The first-order valence-electron chi connectivity index (χ1n) is 6.81. The van der Waals surface area contributed by atoms with Crippen molar-refractivity contribution >= 4 is 23.4 Å². The van der Waals surface area contributed by atoms with E-state index >= 15 is 0 Å². The molecule has 1 unspecified atom stereocenters. The van der Waals surface area contributed by atoms with Crippen molar-refractivity contribution < 1.29 is 9.53 Å². The number of aromatic nitrogens is 3. The highest BCUT2D eigenvalue weighted by atomic mass is 32.2. The summed E-state index contributed by atoms with van der Waals surface area (Å²) in [6.45, 7) is 0. The summed E-state index contributed by atoms with van der Waals surface area (Å²) in [5, 5.41) is 9.06. The second-order valence-electron chi connectivity index (χ2n) is 4.94. The highest BCUT2D eigenvalue weighted by molar-refractivity contribution is 7.99. The maximum absolute atomic E-state index is 11.5. The molecule has 0 aliphatic carbocycles. The van der Waals surface area contributed by atoms with Gasteiger partial charge in [-0.3, -0.25) is 4.40 Å². The third-order valence-corrected chi connectivity index (χ3v) is 4.98. The van der Waals surface area contributed by atoms with E-state index < -0.39 is 0 Å².